The number of rotatable bonds is 10. The molecular weight excluding hydrogens is 674 g/mol. The lowest BCUT2D eigenvalue weighted by Gasteiger charge is -2.35. The number of nitrogens with zero attached hydrogens (tertiary/aromatic N) is 1. The van der Waals surface area contributed by atoms with Crippen LogP contribution in [0.1, 0.15) is 52.5 Å². The fraction of sp³-hybridized carbons (Fsp3) is 0.562. The maximum Gasteiger partial charge on any atom is 0.330 e. The predicted octanol–water partition coefficient (Wildman–Crippen LogP) is -3.84. The number of amides is 7. The molecule has 19 heteroatoms. The highest BCUT2D eigenvalue weighted by Gasteiger charge is 2.51. The Morgan fingerprint density at radius 1 is 0.922 bits per heavy atom. The minimum atomic E-state index is -1.89. The van der Waals surface area contributed by atoms with Crippen molar-refractivity contribution in [2.24, 2.45) is 11.7 Å². The van der Waals surface area contributed by atoms with E-state index < -0.39 is 121 Å². The lowest BCUT2D eigenvalue weighted by Crippen LogP contribution is -2.66. The van der Waals surface area contributed by atoms with Crippen molar-refractivity contribution >= 4 is 47.3 Å². The molecule has 9 unspecified atom stereocenters. The van der Waals surface area contributed by atoms with Gasteiger partial charge in [0, 0.05) is 12.8 Å². The number of aliphatic hydroxyl groups is 2. The van der Waals surface area contributed by atoms with Gasteiger partial charge in [0.25, 0.3) is 0 Å². The molecule has 0 saturated carbocycles. The van der Waals surface area contributed by atoms with Gasteiger partial charge < -0.3 is 52.4 Å². The number of carbonyl (C=O) groups excluding carboxylic acids is 8. The van der Waals surface area contributed by atoms with Crippen LogP contribution in [0.15, 0.2) is 24.3 Å². The van der Waals surface area contributed by atoms with Crippen molar-refractivity contribution in [2.45, 2.75) is 102 Å². The summed E-state index contributed by atoms with van der Waals surface area (Å²) < 4.78 is 5.39. The first-order valence-electron chi connectivity index (χ1n) is 16.4. The molecule has 19 nitrogen and oxygen atoms in total. The first-order chi connectivity index (χ1) is 24.0. The van der Waals surface area contributed by atoms with E-state index in [0.717, 1.165) is 4.90 Å². The second-order valence-corrected chi connectivity index (χ2v) is 12.5. The van der Waals surface area contributed by atoms with E-state index in [2.05, 4.69) is 26.6 Å². The Kier molecular flexibility index (Phi) is 13.8. The third-order valence-electron chi connectivity index (χ3n) is 8.63. The number of nitrogens with two attached hydrogens (primary N) is 1. The number of fused-ring (bicyclic) bond motifs is 1. The van der Waals surface area contributed by atoms with Crippen molar-refractivity contribution in [2.75, 3.05) is 6.61 Å². The average Bonchev–Trinajstić information content (AvgIpc) is 3.36. The van der Waals surface area contributed by atoms with Crippen LogP contribution in [0.3, 0.4) is 0 Å². The molecule has 0 radical (unpaired) electrons. The summed E-state index contributed by atoms with van der Waals surface area (Å²) in [6.45, 7) is 5.10. The maximum atomic E-state index is 14.1. The fourth-order valence-electron chi connectivity index (χ4n) is 5.55. The van der Waals surface area contributed by atoms with E-state index in [-0.39, 0.29) is 12.2 Å². The van der Waals surface area contributed by atoms with Crippen LogP contribution >= 0.6 is 0 Å². The molecule has 280 valence electrons. The Morgan fingerprint density at radius 3 is 2.08 bits per heavy atom. The van der Waals surface area contributed by atoms with E-state index in [0.29, 0.717) is 12.0 Å². The normalized spacial score (nSPS) is 27.6. The molecule has 2 aliphatic heterocycles. The molecule has 0 spiro atoms. The van der Waals surface area contributed by atoms with Gasteiger partial charge in [0.1, 0.15) is 36.0 Å². The van der Waals surface area contributed by atoms with E-state index in [1.807, 2.05) is 0 Å². The Hall–Kier alpha value is -5.30. The van der Waals surface area contributed by atoms with Gasteiger partial charge in [-0.25, -0.2) is 4.79 Å². The molecule has 10 N–H and O–H groups in total. The van der Waals surface area contributed by atoms with E-state index in [1.54, 1.807) is 13.8 Å². The summed E-state index contributed by atoms with van der Waals surface area (Å²) in [6.07, 6.45) is -4.69. The summed E-state index contributed by atoms with van der Waals surface area (Å²) in [5.74, 6) is -8.90. The van der Waals surface area contributed by atoms with Crippen LogP contribution in [-0.2, 0) is 49.5 Å². The SMILES string of the molecule is CCC(C)C1NC(=O)C(NC(=O)CCO)C2OC(=O)C(C)N2C(=O)C(CC(N)=O)NC(=O)C(C(C)O)NC(=O)C(Cc2ccc(O)cc2)NC1=O. The third-order valence-corrected chi connectivity index (χ3v) is 8.63. The molecule has 51 heavy (non-hydrogen) atoms. The summed E-state index contributed by atoms with van der Waals surface area (Å²) in [4.78, 5) is 108. The summed E-state index contributed by atoms with van der Waals surface area (Å²) in [6, 6.07) is -4.07. The van der Waals surface area contributed by atoms with Crippen LogP contribution in [-0.4, -0.2) is 123 Å². The zero-order valence-corrected chi connectivity index (χ0v) is 28.6. The molecule has 9 atom stereocenters. The number of benzene rings is 1. The van der Waals surface area contributed by atoms with Gasteiger partial charge in [-0.05, 0) is 37.5 Å². The Bertz CT molecular complexity index is 1500. The number of phenolic OH excluding ortho intramolecular Hbond substituents is 1. The van der Waals surface area contributed by atoms with Crippen molar-refractivity contribution in [3.8, 4) is 5.75 Å². The number of carbonyl (C=O) groups is 8. The highest BCUT2D eigenvalue weighted by Crippen LogP contribution is 2.24. The first-order valence-corrected chi connectivity index (χ1v) is 16.4. The lowest BCUT2D eigenvalue weighted by molar-refractivity contribution is -0.153. The van der Waals surface area contributed by atoms with Gasteiger partial charge in [-0.3, -0.25) is 38.5 Å². The number of hydrogen-bond acceptors (Lipinski definition) is 12. The second-order valence-electron chi connectivity index (χ2n) is 12.5. The number of hydrogen-bond donors (Lipinski definition) is 9. The number of aromatic hydroxyl groups is 1. The van der Waals surface area contributed by atoms with Crippen molar-refractivity contribution in [1.29, 1.82) is 0 Å². The van der Waals surface area contributed by atoms with Crippen molar-refractivity contribution in [1.82, 2.24) is 31.5 Å². The maximum absolute atomic E-state index is 14.1. The molecule has 7 amide bonds. The Morgan fingerprint density at radius 2 is 1.51 bits per heavy atom. The molecule has 1 aromatic carbocycles. The quantitative estimate of drug-likeness (QED) is 0.105. The minimum absolute atomic E-state index is 0.0720. The van der Waals surface area contributed by atoms with Crippen LogP contribution in [0.4, 0.5) is 0 Å². The Labute approximate surface area is 293 Å². The number of ether oxygens (including phenoxy) is 1. The van der Waals surface area contributed by atoms with Gasteiger partial charge in [0.05, 0.1) is 19.1 Å². The van der Waals surface area contributed by atoms with Gasteiger partial charge in [0.2, 0.25) is 47.6 Å². The molecule has 2 aliphatic rings. The van der Waals surface area contributed by atoms with Gasteiger partial charge in [-0.15, -0.1) is 0 Å². The zero-order valence-electron chi connectivity index (χ0n) is 28.6. The third kappa shape index (κ3) is 10.1. The summed E-state index contributed by atoms with van der Waals surface area (Å²) in [5, 5.41) is 41.7. The van der Waals surface area contributed by atoms with Gasteiger partial charge >= 0.3 is 5.97 Å². The lowest BCUT2D eigenvalue weighted by atomic mass is 9.96. The van der Waals surface area contributed by atoms with E-state index in [9.17, 15) is 53.7 Å². The van der Waals surface area contributed by atoms with Gasteiger partial charge in [-0.2, -0.15) is 0 Å². The number of phenols is 1. The monoisotopic (exact) mass is 719 g/mol. The highest BCUT2D eigenvalue weighted by atomic mass is 16.6. The van der Waals surface area contributed by atoms with Crippen LogP contribution in [0.25, 0.3) is 0 Å². The molecule has 2 saturated heterocycles. The van der Waals surface area contributed by atoms with Crippen LogP contribution in [0.2, 0.25) is 0 Å². The standard InChI is InChI=1S/C32H45N7O12/c1-5-14(2)23-27(46)34-19(12-17-6-8-18(42)9-7-17)26(45)38-24(16(4)41)28(47)35-20(13-21(33)43)30(49)39-15(3)32(50)51-31(39)25(29(48)37-23)36-22(44)10-11-40/h6-9,14-16,19-20,23-25,31,40-42H,5,10-13H2,1-4H3,(H2,33,43)(H,34,46)(H,35,47)(H,36,44)(H,37,48)(H,38,45). The topological polar surface area (TPSA) is 296 Å². The van der Waals surface area contributed by atoms with Gasteiger partial charge in [0.15, 0.2) is 6.04 Å². The van der Waals surface area contributed by atoms with Crippen molar-refractivity contribution < 1.29 is 58.4 Å². The molecule has 2 fully saturated rings. The number of aliphatic hydroxyl groups excluding tert-OH is 2. The molecule has 0 aromatic heterocycles. The molecule has 0 aliphatic carbocycles. The highest BCUT2D eigenvalue weighted by molar-refractivity contribution is 6.00. The minimum Gasteiger partial charge on any atom is -0.508 e. The van der Waals surface area contributed by atoms with Crippen LogP contribution in [0.5, 0.6) is 5.75 Å². The molecule has 2 heterocycles. The number of primary amides is 1. The predicted molar refractivity (Wildman–Crippen MR) is 174 cm³/mol. The Balaban J connectivity index is 2.21. The molecule has 3 rings (SSSR count). The van der Waals surface area contributed by atoms with Crippen LogP contribution in [0, 0.1) is 5.92 Å². The summed E-state index contributed by atoms with van der Waals surface area (Å²) in [5.41, 5.74) is 5.85. The first kappa shape index (κ1) is 40.1. The smallest absolute Gasteiger partial charge is 0.330 e. The molecule has 0 bridgehead atoms. The zero-order chi connectivity index (χ0) is 38.2. The summed E-state index contributed by atoms with van der Waals surface area (Å²) >= 11 is 0. The van der Waals surface area contributed by atoms with E-state index >= 15 is 0 Å². The largest absolute Gasteiger partial charge is 0.508 e. The van der Waals surface area contributed by atoms with Crippen LogP contribution < -0.4 is 32.3 Å². The average molecular weight is 720 g/mol. The molecular formula is C32H45N7O12. The van der Waals surface area contributed by atoms with E-state index in [1.165, 1.54) is 38.1 Å². The van der Waals surface area contributed by atoms with Crippen molar-refractivity contribution in [3.05, 3.63) is 29.8 Å². The van der Waals surface area contributed by atoms with E-state index in [4.69, 9.17) is 10.5 Å². The van der Waals surface area contributed by atoms with Crippen molar-refractivity contribution in [3.63, 3.8) is 0 Å². The summed E-state index contributed by atoms with van der Waals surface area (Å²) in [7, 11) is 0. The number of esters is 1. The molecule has 1 aromatic rings. The fourth-order valence-corrected chi connectivity index (χ4v) is 5.55. The number of nitrogens with one attached hydrogen (secondary N) is 5. The van der Waals surface area contributed by atoms with Gasteiger partial charge in [-0.1, -0.05) is 32.4 Å². The second kappa shape index (κ2) is 17.6.